The van der Waals surface area contributed by atoms with Crippen molar-refractivity contribution in [1.29, 1.82) is 0 Å². The Morgan fingerprint density at radius 1 is 1.23 bits per heavy atom. The summed E-state index contributed by atoms with van der Waals surface area (Å²) in [5, 5.41) is 3.38. The van der Waals surface area contributed by atoms with Crippen molar-refractivity contribution >= 4 is 5.69 Å². The van der Waals surface area contributed by atoms with Gasteiger partial charge in [-0.3, -0.25) is 0 Å². The highest BCUT2D eigenvalue weighted by atomic mass is 14.9. The lowest BCUT2D eigenvalue weighted by Gasteiger charge is -2.23. The summed E-state index contributed by atoms with van der Waals surface area (Å²) in [7, 11) is 0. The first-order valence-corrected chi connectivity index (χ1v) is 4.52. The van der Waals surface area contributed by atoms with Gasteiger partial charge in [-0.2, -0.15) is 0 Å². The van der Waals surface area contributed by atoms with E-state index in [4.69, 9.17) is 0 Å². The molecule has 0 bridgehead atoms. The Balaban J connectivity index is 2.75. The highest BCUT2D eigenvalue weighted by molar-refractivity contribution is 5.47. The second-order valence-corrected chi connectivity index (χ2v) is 3.92. The van der Waals surface area contributed by atoms with Gasteiger partial charge in [-0.1, -0.05) is 23.8 Å². The third-order valence-corrected chi connectivity index (χ3v) is 2.03. The van der Waals surface area contributed by atoms with Crippen LogP contribution in [-0.2, 0) is 0 Å². The molecule has 0 aromatic heterocycles. The van der Waals surface area contributed by atoms with Crippen LogP contribution in [0.15, 0.2) is 36.9 Å². The number of benzene rings is 1. The Morgan fingerprint density at radius 2 is 1.77 bits per heavy atom. The minimum Gasteiger partial charge on any atom is -0.377 e. The van der Waals surface area contributed by atoms with Gasteiger partial charge in [-0.05, 0) is 32.9 Å². The Labute approximate surface area is 80.5 Å². The van der Waals surface area contributed by atoms with Crippen LogP contribution in [0.2, 0.25) is 0 Å². The molecular formula is C12H17N. The van der Waals surface area contributed by atoms with E-state index in [0.717, 1.165) is 5.69 Å². The lowest BCUT2D eigenvalue weighted by molar-refractivity contribution is 0.715. The van der Waals surface area contributed by atoms with Crippen molar-refractivity contribution in [3.63, 3.8) is 0 Å². The molecule has 13 heavy (non-hydrogen) atoms. The largest absolute Gasteiger partial charge is 0.377 e. The number of hydrogen-bond donors (Lipinski definition) is 1. The van der Waals surface area contributed by atoms with E-state index < -0.39 is 0 Å². The fourth-order valence-electron chi connectivity index (χ4n) is 1.06. The summed E-state index contributed by atoms with van der Waals surface area (Å²) < 4.78 is 0. The van der Waals surface area contributed by atoms with E-state index in [2.05, 4.69) is 56.9 Å². The van der Waals surface area contributed by atoms with Crippen LogP contribution in [0.25, 0.3) is 0 Å². The standard InChI is InChI=1S/C12H17N/c1-5-12(3,4)13-11-8-6-10(2)7-9-11/h5-9,13H,1H2,2-4H3. The van der Waals surface area contributed by atoms with Crippen molar-refractivity contribution in [2.45, 2.75) is 26.3 Å². The SMILES string of the molecule is C=CC(C)(C)Nc1ccc(C)cc1. The van der Waals surface area contributed by atoms with Gasteiger partial charge in [0.15, 0.2) is 0 Å². The smallest absolute Gasteiger partial charge is 0.0497 e. The molecule has 0 amide bonds. The molecule has 0 radical (unpaired) electrons. The fraction of sp³-hybridized carbons (Fsp3) is 0.333. The van der Waals surface area contributed by atoms with Gasteiger partial charge in [0.25, 0.3) is 0 Å². The fourth-order valence-corrected chi connectivity index (χ4v) is 1.06. The first-order chi connectivity index (χ1) is 6.03. The van der Waals surface area contributed by atoms with Crippen LogP contribution in [0.5, 0.6) is 0 Å². The maximum absolute atomic E-state index is 3.78. The van der Waals surface area contributed by atoms with E-state index in [1.807, 2.05) is 6.08 Å². The highest BCUT2D eigenvalue weighted by Gasteiger charge is 2.10. The molecule has 0 unspecified atom stereocenters. The molecule has 70 valence electrons. The van der Waals surface area contributed by atoms with Crippen LogP contribution >= 0.6 is 0 Å². The van der Waals surface area contributed by atoms with Crippen molar-refractivity contribution in [3.05, 3.63) is 42.5 Å². The molecule has 1 heteroatoms. The number of rotatable bonds is 3. The summed E-state index contributed by atoms with van der Waals surface area (Å²) in [5.41, 5.74) is 2.37. The molecule has 0 atom stereocenters. The molecule has 0 aliphatic heterocycles. The monoisotopic (exact) mass is 175 g/mol. The van der Waals surface area contributed by atoms with Gasteiger partial charge in [0.2, 0.25) is 0 Å². The third kappa shape index (κ3) is 2.94. The molecule has 0 aliphatic carbocycles. The molecule has 1 aromatic rings. The number of nitrogens with one attached hydrogen (secondary N) is 1. The minimum atomic E-state index is -0.0464. The average Bonchev–Trinajstić information content (AvgIpc) is 2.09. The second kappa shape index (κ2) is 3.65. The lowest BCUT2D eigenvalue weighted by atomic mass is 10.1. The van der Waals surface area contributed by atoms with Gasteiger partial charge < -0.3 is 5.32 Å². The minimum absolute atomic E-state index is 0.0464. The first-order valence-electron chi connectivity index (χ1n) is 4.52. The van der Waals surface area contributed by atoms with Crippen LogP contribution in [0.1, 0.15) is 19.4 Å². The van der Waals surface area contributed by atoms with Gasteiger partial charge in [0.1, 0.15) is 0 Å². The summed E-state index contributed by atoms with van der Waals surface area (Å²) in [6.45, 7) is 10.1. The Hall–Kier alpha value is -1.24. The number of aryl methyl sites for hydroxylation is 1. The van der Waals surface area contributed by atoms with Gasteiger partial charge in [0, 0.05) is 11.2 Å². The highest BCUT2D eigenvalue weighted by Crippen LogP contribution is 2.15. The molecule has 1 rings (SSSR count). The van der Waals surface area contributed by atoms with E-state index >= 15 is 0 Å². The maximum Gasteiger partial charge on any atom is 0.0497 e. The van der Waals surface area contributed by atoms with Gasteiger partial charge >= 0.3 is 0 Å². The predicted molar refractivity (Wildman–Crippen MR) is 59.1 cm³/mol. The van der Waals surface area contributed by atoms with Crippen LogP contribution in [0.3, 0.4) is 0 Å². The zero-order valence-corrected chi connectivity index (χ0v) is 8.59. The molecule has 0 spiro atoms. The molecule has 0 saturated heterocycles. The normalized spacial score (nSPS) is 11.0. The molecule has 1 N–H and O–H groups in total. The quantitative estimate of drug-likeness (QED) is 0.694. The van der Waals surface area contributed by atoms with Crippen molar-refractivity contribution < 1.29 is 0 Å². The summed E-state index contributed by atoms with van der Waals surface area (Å²) in [6.07, 6.45) is 1.91. The topological polar surface area (TPSA) is 12.0 Å². The summed E-state index contributed by atoms with van der Waals surface area (Å²) in [5.74, 6) is 0. The van der Waals surface area contributed by atoms with Crippen LogP contribution in [0, 0.1) is 6.92 Å². The van der Waals surface area contributed by atoms with E-state index in [1.165, 1.54) is 5.56 Å². The zero-order chi connectivity index (χ0) is 9.90. The maximum atomic E-state index is 3.78. The Morgan fingerprint density at radius 3 is 2.23 bits per heavy atom. The van der Waals surface area contributed by atoms with Gasteiger partial charge in [-0.15, -0.1) is 6.58 Å². The third-order valence-electron chi connectivity index (χ3n) is 2.03. The molecule has 1 aromatic carbocycles. The van der Waals surface area contributed by atoms with Crippen molar-refractivity contribution in [2.75, 3.05) is 5.32 Å². The summed E-state index contributed by atoms with van der Waals surface area (Å²) in [6, 6.07) is 8.37. The van der Waals surface area contributed by atoms with Crippen molar-refractivity contribution in [2.24, 2.45) is 0 Å². The lowest BCUT2D eigenvalue weighted by Crippen LogP contribution is -2.27. The average molecular weight is 175 g/mol. The molecule has 1 nitrogen and oxygen atoms in total. The molecule has 0 heterocycles. The van der Waals surface area contributed by atoms with Crippen molar-refractivity contribution in [1.82, 2.24) is 0 Å². The van der Waals surface area contributed by atoms with E-state index in [1.54, 1.807) is 0 Å². The Kier molecular flexibility index (Phi) is 2.76. The number of hydrogen-bond acceptors (Lipinski definition) is 1. The molecule has 0 saturated carbocycles. The van der Waals surface area contributed by atoms with E-state index in [0.29, 0.717) is 0 Å². The predicted octanol–water partition coefficient (Wildman–Crippen LogP) is 3.37. The molecular weight excluding hydrogens is 158 g/mol. The van der Waals surface area contributed by atoms with E-state index in [-0.39, 0.29) is 5.54 Å². The Bertz CT molecular complexity index is 282. The van der Waals surface area contributed by atoms with E-state index in [9.17, 15) is 0 Å². The van der Waals surface area contributed by atoms with Gasteiger partial charge in [-0.25, -0.2) is 0 Å². The van der Waals surface area contributed by atoms with Gasteiger partial charge in [0.05, 0.1) is 0 Å². The number of anilines is 1. The van der Waals surface area contributed by atoms with Crippen LogP contribution in [0.4, 0.5) is 5.69 Å². The zero-order valence-electron chi connectivity index (χ0n) is 8.59. The van der Waals surface area contributed by atoms with Crippen molar-refractivity contribution in [3.8, 4) is 0 Å². The summed E-state index contributed by atoms with van der Waals surface area (Å²) >= 11 is 0. The molecule has 0 fully saturated rings. The first kappa shape index (κ1) is 9.85. The molecule has 0 aliphatic rings. The van der Waals surface area contributed by atoms with Crippen LogP contribution < -0.4 is 5.32 Å². The second-order valence-electron chi connectivity index (χ2n) is 3.92. The summed E-state index contributed by atoms with van der Waals surface area (Å²) in [4.78, 5) is 0. The van der Waals surface area contributed by atoms with Crippen LogP contribution in [-0.4, -0.2) is 5.54 Å².